The third-order valence-corrected chi connectivity index (χ3v) is 8.90. The van der Waals surface area contributed by atoms with E-state index in [1.54, 1.807) is 21.2 Å². The maximum Gasteiger partial charge on any atom is 0.265 e. The van der Waals surface area contributed by atoms with Gasteiger partial charge in [-0.15, -0.1) is 0 Å². The molecule has 4 atom stereocenters. The first-order valence-corrected chi connectivity index (χ1v) is 15.3. The van der Waals surface area contributed by atoms with Crippen LogP contribution in [0.25, 0.3) is 5.76 Å². The molecule has 3 aliphatic carbocycles. The molecule has 0 bridgehead atoms. The van der Waals surface area contributed by atoms with Crippen molar-refractivity contribution < 1.29 is 38.5 Å². The van der Waals surface area contributed by atoms with Crippen LogP contribution >= 0.6 is 0 Å². The number of ketones is 2. The first kappa shape index (κ1) is 30.9. The summed E-state index contributed by atoms with van der Waals surface area (Å²) in [6.07, 6.45) is 3.93. The number of aliphatic hydroxyl groups is 2. The van der Waals surface area contributed by atoms with E-state index < -0.39 is 35.0 Å². The number of carbonyl (C=O) groups is 2. The maximum absolute atomic E-state index is 14.5. The molecule has 11 nitrogen and oxygen atoms in total. The first-order chi connectivity index (χ1) is 20.6. The molecule has 234 valence electrons. The van der Waals surface area contributed by atoms with E-state index in [9.17, 15) is 19.8 Å². The van der Waals surface area contributed by atoms with E-state index in [2.05, 4.69) is 17.4 Å². The minimum Gasteiger partial charge on any atom is -0.507 e. The molecule has 1 heterocycles. The number of rotatable bonds is 12. The largest absolute Gasteiger partial charge is 0.507 e. The zero-order valence-corrected chi connectivity index (χ0v) is 25.9. The molecule has 0 aliphatic heterocycles. The Labute approximate surface area is 252 Å². The Morgan fingerprint density at radius 3 is 2.42 bits per heavy atom. The molecule has 1 aromatic heterocycles. The van der Waals surface area contributed by atoms with Gasteiger partial charge >= 0.3 is 0 Å². The van der Waals surface area contributed by atoms with Gasteiger partial charge in [-0.1, -0.05) is 26.7 Å². The predicted molar refractivity (Wildman–Crippen MR) is 160 cm³/mol. The smallest absolute Gasteiger partial charge is 0.265 e. The highest BCUT2D eigenvalue weighted by Crippen LogP contribution is 2.57. The highest BCUT2D eigenvalue weighted by atomic mass is 16.5. The Balaban J connectivity index is 1.67. The van der Waals surface area contributed by atoms with E-state index in [0.717, 1.165) is 31.2 Å². The van der Waals surface area contributed by atoms with Gasteiger partial charge in [-0.3, -0.25) is 14.5 Å². The molecule has 0 unspecified atom stereocenters. The van der Waals surface area contributed by atoms with Crippen molar-refractivity contribution in [1.82, 2.24) is 10.1 Å². The molecule has 3 N–H and O–H groups in total. The molecule has 5 rings (SSSR count). The number of methoxy groups -OCH3 is 1. The Bertz CT molecular complexity index is 1430. The van der Waals surface area contributed by atoms with Gasteiger partial charge in [0.15, 0.2) is 17.1 Å². The fraction of sp³-hybridized carbons (Fsp3) is 0.594. The van der Waals surface area contributed by atoms with Crippen LogP contribution in [-0.4, -0.2) is 78.4 Å². The molecule has 0 radical (unpaired) electrons. The van der Waals surface area contributed by atoms with Gasteiger partial charge in [-0.25, -0.2) is 0 Å². The monoisotopic (exact) mass is 597 g/mol. The van der Waals surface area contributed by atoms with E-state index in [0.29, 0.717) is 48.9 Å². The standard InChI is InChI=1S/C32H43N3O8/c1-7-10-12-41-27-20(33-9-3)16-21(40-6)18-14-17-15-19-25(35(4)5)28-24(31(34-43-28)42-13-11-8-2)30(38)32(19,39)29(37)22(17)26(36)23(18)27/h16-17,19,25,33,36,39H,7-15H2,1-6H3/t17-,19-,25-,32-/m0/s1. The highest BCUT2D eigenvalue weighted by Gasteiger charge is 2.65. The number of benzene rings is 1. The zero-order chi connectivity index (χ0) is 31.1. The van der Waals surface area contributed by atoms with Crippen LogP contribution in [0.5, 0.6) is 17.4 Å². The number of aliphatic hydroxyl groups excluding tert-OH is 1. The van der Waals surface area contributed by atoms with Crippen molar-refractivity contribution in [3.05, 3.63) is 34.1 Å². The first-order valence-electron chi connectivity index (χ1n) is 15.3. The van der Waals surface area contributed by atoms with Gasteiger partial charge in [0, 0.05) is 29.7 Å². The lowest BCUT2D eigenvalue weighted by atomic mass is 9.57. The summed E-state index contributed by atoms with van der Waals surface area (Å²) < 4.78 is 23.4. The topological polar surface area (TPSA) is 144 Å². The number of fused-ring (bicyclic) bond motifs is 4. The Kier molecular flexibility index (Phi) is 8.76. The van der Waals surface area contributed by atoms with Crippen molar-refractivity contribution in [2.75, 3.05) is 46.3 Å². The Morgan fingerprint density at radius 2 is 1.79 bits per heavy atom. The van der Waals surface area contributed by atoms with Crippen molar-refractivity contribution in [3.8, 4) is 17.4 Å². The van der Waals surface area contributed by atoms with Gasteiger partial charge < -0.3 is 34.3 Å². The molecule has 0 saturated heterocycles. The summed E-state index contributed by atoms with van der Waals surface area (Å²) in [6.45, 7) is 7.34. The van der Waals surface area contributed by atoms with Crippen LogP contribution in [0.1, 0.15) is 86.2 Å². The number of carbonyl (C=O) groups excluding carboxylic acids is 2. The lowest BCUT2D eigenvalue weighted by Gasteiger charge is -2.49. The second-order valence-electron chi connectivity index (χ2n) is 11.8. The van der Waals surface area contributed by atoms with E-state index in [1.807, 2.05) is 24.8 Å². The summed E-state index contributed by atoms with van der Waals surface area (Å²) in [4.78, 5) is 30.4. The normalized spacial score (nSPS) is 24.3. The van der Waals surface area contributed by atoms with E-state index in [-0.39, 0.29) is 35.0 Å². The summed E-state index contributed by atoms with van der Waals surface area (Å²) in [5.41, 5.74) is -0.729. The van der Waals surface area contributed by atoms with Crippen LogP contribution in [0.4, 0.5) is 5.69 Å². The van der Waals surface area contributed by atoms with E-state index in [4.69, 9.17) is 18.7 Å². The molecule has 3 aliphatic rings. The second-order valence-corrected chi connectivity index (χ2v) is 11.8. The predicted octanol–water partition coefficient (Wildman–Crippen LogP) is 4.73. The fourth-order valence-corrected chi connectivity index (χ4v) is 6.83. The number of aromatic nitrogens is 1. The fourth-order valence-electron chi connectivity index (χ4n) is 6.83. The van der Waals surface area contributed by atoms with Gasteiger partial charge in [0.05, 0.1) is 37.6 Å². The van der Waals surface area contributed by atoms with Crippen molar-refractivity contribution in [2.24, 2.45) is 11.8 Å². The summed E-state index contributed by atoms with van der Waals surface area (Å²) >= 11 is 0. The summed E-state index contributed by atoms with van der Waals surface area (Å²) in [5.74, 6) is -2.02. The summed E-state index contributed by atoms with van der Waals surface area (Å²) in [5, 5.41) is 31.4. The third-order valence-electron chi connectivity index (χ3n) is 8.90. The number of hydrogen-bond acceptors (Lipinski definition) is 11. The molecule has 0 spiro atoms. The van der Waals surface area contributed by atoms with Crippen molar-refractivity contribution in [2.45, 2.75) is 70.9 Å². The quantitative estimate of drug-likeness (QED) is 0.231. The molecular formula is C32H43N3O8. The van der Waals surface area contributed by atoms with Crippen molar-refractivity contribution >= 4 is 23.0 Å². The average molecular weight is 598 g/mol. The minimum atomic E-state index is -2.44. The Hall–Kier alpha value is -3.57. The minimum absolute atomic E-state index is 0.0173. The molecule has 1 aromatic carbocycles. The van der Waals surface area contributed by atoms with Crippen LogP contribution < -0.4 is 19.5 Å². The number of ether oxygens (including phenoxy) is 3. The van der Waals surface area contributed by atoms with Gasteiger partial charge in [0.25, 0.3) is 5.88 Å². The van der Waals surface area contributed by atoms with Gasteiger partial charge in [0.1, 0.15) is 17.1 Å². The number of anilines is 1. The number of nitrogens with zero attached hydrogens (tertiary/aromatic N) is 2. The SMILES string of the molecule is CCCCOc1noc2c1C(=O)[C@@]1(O)C(=O)C3=C(O)c4c(c(OC)cc(NCC)c4OCCCC)C[C@H]3C[C@H]1[C@@H]2N(C)C. The molecule has 43 heavy (non-hydrogen) atoms. The summed E-state index contributed by atoms with van der Waals surface area (Å²) in [6, 6.07) is 1.23. The lowest BCUT2D eigenvalue weighted by Crippen LogP contribution is -2.63. The molecule has 11 heteroatoms. The highest BCUT2D eigenvalue weighted by molar-refractivity contribution is 6.26. The molecule has 1 saturated carbocycles. The number of Topliss-reactive ketones (excluding diaryl/α,β-unsaturated/α-hetero) is 2. The van der Waals surface area contributed by atoms with Crippen LogP contribution in [0, 0.1) is 11.8 Å². The van der Waals surface area contributed by atoms with Crippen molar-refractivity contribution in [3.63, 3.8) is 0 Å². The van der Waals surface area contributed by atoms with Crippen LogP contribution in [0.2, 0.25) is 0 Å². The van der Waals surface area contributed by atoms with Crippen molar-refractivity contribution in [1.29, 1.82) is 0 Å². The third kappa shape index (κ3) is 4.86. The van der Waals surface area contributed by atoms with E-state index in [1.165, 1.54) is 0 Å². The zero-order valence-electron chi connectivity index (χ0n) is 25.9. The van der Waals surface area contributed by atoms with Crippen LogP contribution in [-0.2, 0) is 11.2 Å². The molecule has 0 amide bonds. The van der Waals surface area contributed by atoms with Crippen LogP contribution in [0.3, 0.4) is 0 Å². The van der Waals surface area contributed by atoms with Crippen LogP contribution in [0.15, 0.2) is 16.2 Å². The summed E-state index contributed by atoms with van der Waals surface area (Å²) in [7, 11) is 5.18. The molecule has 1 fully saturated rings. The molecular weight excluding hydrogens is 554 g/mol. The lowest BCUT2D eigenvalue weighted by molar-refractivity contribution is -0.142. The Morgan fingerprint density at radius 1 is 1.09 bits per heavy atom. The van der Waals surface area contributed by atoms with Gasteiger partial charge in [-0.05, 0) is 57.8 Å². The second kappa shape index (κ2) is 12.2. The van der Waals surface area contributed by atoms with Gasteiger partial charge in [0.2, 0.25) is 11.6 Å². The average Bonchev–Trinajstić information content (AvgIpc) is 3.39. The van der Waals surface area contributed by atoms with Gasteiger partial charge in [-0.2, -0.15) is 0 Å². The van der Waals surface area contributed by atoms with E-state index >= 15 is 0 Å². The maximum atomic E-state index is 14.5. The number of nitrogens with one attached hydrogen (secondary N) is 1. The molecule has 2 aromatic rings. The number of unbranched alkanes of at least 4 members (excludes halogenated alkanes) is 2. The number of hydrogen-bond donors (Lipinski definition) is 3.